The lowest BCUT2D eigenvalue weighted by atomic mass is 9.85. The van der Waals surface area contributed by atoms with Gasteiger partial charge in [0, 0.05) is 49.2 Å². The lowest BCUT2D eigenvalue weighted by Crippen LogP contribution is -2.55. The van der Waals surface area contributed by atoms with Crippen molar-refractivity contribution < 1.29 is 33.3 Å². The predicted octanol–water partition coefficient (Wildman–Crippen LogP) is 3.77. The number of hydrogen-bond acceptors (Lipinski definition) is 6. The third-order valence-electron chi connectivity index (χ3n) is 6.49. The first-order valence-electron chi connectivity index (χ1n) is 11.7. The summed E-state index contributed by atoms with van der Waals surface area (Å²) in [7, 11) is 0. The molecule has 1 aromatic carbocycles. The molecule has 3 N–H and O–H groups in total. The number of aliphatic hydroxyl groups is 1. The van der Waals surface area contributed by atoms with Gasteiger partial charge in [0.25, 0.3) is 5.91 Å². The second-order valence-corrected chi connectivity index (χ2v) is 9.61. The zero-order valence-electron chi connectivity index (χ0n) is 20.2. The number of anilines is 1. The highest BCUT2D eigenvalue weighted by Crippen LogP contribution is 2.37. The third kappa shape index (κ3) is 6.32. The summed E-state index contributed by atoms with van der Waals surface area (Å²) in [6.45, 7) is 1.68. The van der Waals surface area contributed by atoms with Crippen molar-refractivity contribution in [2.75, 3.05) is 31.6 Å². The molecule has 1 unspecified atom stereocenters. The van der Waals surface area contributed by atoms with Crippen LogP contribution in [0.1, 0.15) is 44.7 Å². The van der Waals surface area contributed by atoms with E-state index in [2.05, 4.69) is 15.2 Å². The number of rotatable bonds is 11. The number of benzene rings is 1. The molecule has 0 bridgehead atoms. The minimum Gasteiger partial charge on any atom is -0.481 e. The Bertz CT molecular complexity index is 1060. The summed E-state index contributed by atoms with van der Waals surface area (Å²) in [5.74, 6) is -2.35. The van der Waals surface area contributed by atoms with E-state index in [-0.39, 0.29) is 41.9 Å². The largest absolute Gasteiger partial charge is 0.481 e. The molecule has 1 aliphatic heterocycles. The minimum absolute atomic E-state index is 0.0543. The summed E-state index contributed by atoms with van der Waals surface area (Å²) in [4.78, 5) is 27.3. The molecular weight excluding hydrogens is 498 g/mol. The van der Waals surface area contributed by atoms with Crippen LogP contribution in [0.25, 0.3) is 0 Å². The zero-order chi connectivity index (χ0) is 26.5. The van der Waals surface area contributed by atoms with Gasteiger partial charge in [0.05, 0.1) is 11.6 Å². The number of carbonyl (C=O) groups excluding carboxylic acids is 1. The van der Waals surface area contributed by atoms with E-state index in [1.807, 2.05) is 24.8 Å². The molecule has 1 amide bonds. The number of aromatic nitrogens is 2. The molecule has 0 aliphatic carbocycles. The second-order valence-electron chi connectivity index (χ2n) is 9.18. The van der Waals surface area contributed by atoms with Crippen LogP contribution in [0.4, 0.5) is 14.5 Å². The average Bonchev–Trinajstić information content (AvgIpc) is 3.31. The summed E-state index contributed by atoms with van der Waals surface area (Å²) < 4.78 is 32.2. The number of nitrogens with zero attached hydrogens (tertiary/aromatic N) is 3. The normalized spacial score (nSPS) is 16.8. The van der Waals surface area contributed by atoms with Crippen LogP contribution in [0, 0.1) is 5.92 Å². The number of likely N-dealkylation sites (tertiary alicyclic amines) is 1. The molecule has 1 saturated heterocycles. The highest BCUT2D eigenvalue weighted by Gasteiger charge is 2.45. The molecule has 36 heavy (non-hydrogen) atoms. The van der Waals surface area contributed by atoms with E-state index in [4.69, 9.17) is 11.6 Å². The third-order valence-corrected chi connectivity index (χ3v) is 6.72. The molecule has 1 fully saturated rings. The molecule has 2 aromatic rings. The van der Waals surface area contributed by atoms with Crippen molar-refractivity contribution in [1.29, 1.82) is 0 Å². The number of halogens is 3. The first-order chi connectivity index (χ1) is 17.1. The van der Waals surface area contributed by atoms with E-state index in [0.29, 0.717) is 25.9 Å². The number of aliphatic carboxylic acids is 1. The maximum atomic E-state index is 13.8. The van der Waals surface area contributed by atoms with Crippen LogP contribution in [0.3, 0.4) is 0 Å². The number of carbonyl (C=O) groups is 2. The van der Waals surface area contributed by atoms with Crippen LogP contribution in [0.2, 0.25) is 5.02 Å². The monoisotopic (exact) mass is 528 g/mol. The van der Waals surface area contributed by atoms with Crippen molar-refractivity contribution in [3.8, 4) is 5.75 Å². The van der Waals surface area contributed by atoms with Crippen molar-refractivity contribution in [2.24, 2.45) is 5.92 Å². The molecule has 9 nitrogen and oxygen atoms in total. The Kier molecular flexibility index (Phi) is 9.26. The van der Waals surface area contributed by atoms with Crippen molar-refractivity contribution in [2.45, 2.75) is 51.2 Å². The molecular formula is C24H31ClF2N4O5. The van der Waals surface area contributed by atoms with Crippen LogP contribution in [-0.2, 0) is 15.1 Å². The number of alkyl halides is 2. The minimum atomic E-state index is -3.10. The summed E-state index contributed by atoms with van der Waals surface area (Å²) in [6.07, 6.45) is 2.37. The first kappa shape index (κ1) is 27.8. The molecule has 1 atom stereocenters. The van der Waals surface area contributed by atoms with E-state index in [9.17, 15) is 28.6 Å². The number of amides is 1. The van der Waals surface area contributed by atoms with Gasteiger partial charge in [-0.25, -0.2) is 0 Å². The van der Waals surface area contributed by atoms with Gasteiger partial charge in [0.2, 0.25) is 0 Å². The number of piperidine rings is 1. The van der Waals surface area contributed by atoms with Gasteiger partial charge in [-0.05, 0) is 43.4 Å². The lowest BCUT2D eigenvalue weighted by Gasteiger charge is -2.42. The van der Waals surface area contributed by atoms with E-state index < -0.39 is 29.9 Å². The number of aliphatic hydroxyl groups excluding tert-OH is 1. The molecule has 2 heterocycles. The molecule has 12 heteroatoms. The van der Waals surface area contributed by atoms with E-state index in [0.717, 1.165) is 5.69 Å². The number of ether oxygens (including phenoxy) is 1. The molecule has 198 valence electrons. The maximum absolute atomic E-state index is 13.8. The van der Waals surface area contributed by atoms with Crippen LogP contribution in [0.5, 0.6) is 5.75 Å². The van der Waals surface area contributed by atoms with Gasteiger partial charge in [0.1, 0.15) is 5.54 Å². The first-order valence-corrected chi connectivity index (χ1v) is 12.1. The van der Waals surface area contributed by atoms with Crippen molar-refractivity contribution >= 4 is 29.2 Å². The van der Waals surface area contributed by atoms with Gasteiger partial charge >= 0.3 is 12.6 Å². The van der Waals surface area contributed by atoms with Crippen molar-refractivity contribution in [3.63, 3.8) is 0 Å². The Balaban J connectivity index is 1.91. The summed E-state index contributed by atoms with van der Waals surface area (Å²) in [5, 5.41) is 26.0. The fourth-order valence-corrected chi connectivity index (χ4v) is 4.70. The molecule has 0 saturated carbocycles. The highest BCUT2D eigenvalue weighted by molar-refractivity contribution is 6.30. The lowest BCUT2D eigenvalue weighted by molar-refractivity contribution is -0.143. The van der Waals surface area contributed by atoms with E-state index in [1.54, 1.807) is 10.9 Å². The molecule has 0 radical (unpaired) electrons. The fraction of sp³-hybridized carbons (Fsp3) is 0.542. The molecule has 0 spiro atoms. The standard InChI is InChI=1S/C24H31ClF2N4O5/c1-15(2)19-5-9-28-31(19)24(7-10-30(11-8-24)14-16(6-12-32)21(33)34)22(35)29-18-4-3-17(25)13-20(18)36-23(26)27/h3-5,9,13,15-16,23,32H,6-8,10-12,14H2,1-2H3,(H,29,35)(H,33,34). The van der Waals surface area contributed by atoms with E-state index >= 15 is 0 Å². The fourth-order valence-electron chi connectivity index (χ4n) is 4.54. The van der Waals surface area contributed by atoms with Gasteiger partial charge in [-0.1, -0.05) is 25.4 Å². The van der Waals surface area contributed by atoms with Crippen LogP contribution < -0.4 is 10.1 Å². The van der Waals surface area contributed by atoms with Crippen molar-refractivity contribution in [1.82, 2.24) is 14.7 Å². The summed E-state index contributed by atoms with van der Waals surface area (Å²) in [6, 6.07) is 5.91. The van der Waals surface area contributed by atoms with Gasteiger partial charge in [-0.3, -0.25) is 14.3 Å². The van der Waals surface area contributed by atoms with Gasteiger partial charge in [0.15, 0.2) is 5.75 Å². The van der Waals surface area contributed by atoms with Crippen LogP contribution >= 0.6 is 11.6 Å². The highest BCUT2D eigenvalue weighted by atomic mass is 35.5. The van der Waals surface area contributed by atoms with Gasteiger partial charge < -0.3 is 25.2 Å². The van der Waals surface area contributed by atoms with Gasteiger partial charge in [-0.15, -0.1) is 0 Å². The quantitative estimate of drug-likeness (QED) is 0.406. The predicted molar refractivity (Wildman–Crippen MR) is 130 cm³/mol. The van der Waals surface area contributed by atoms with Crippen LogP contribution in [-0.4, -0.2) is 69.6 Å². The number of nitrogens with one attached hydrogen (secondary N) is 1. The van der Waals surface area contributed by atoms with Gasteiger partial charge in [-0.2, -0.15) is 13.9 Å². The zero-order valence-corrected chi connectivity index (χ0v) is 20.9. The molecule has 1 aromatic heterocycles. The summed E-state index contributed by atoms with van der Waals surface area (Å²) in [5.41, 5.74) is -0.252. The Hall–Kier alpha value is -2.76. The Morgan fingerprint density at radius 1 is 1.25 bits per heavy atom. The Morgan fingerprint density at radius 2 is 1.94 bits per heavy atom. The number of hydrogen-bond donors (Lipinski definition) is 3. The topological polar surface area (TPSA) is 117 Å². The Labute approximate surface area is 213 Å². The number of carboxylic acids is 1. The van der Waals surface area contributed by atoms with Crippen LogP contribution in [0.15, 0.2) is 30.5 Å². The Morgan fingerprint density at radius 3 is 2.53 bits per heavy atom. The molecule has 1 aliphatic rings. The SMILES string of the molecule is CC(C)c1ccnn1C1(C(=O)Nc2ccc(Cl)cc2OC(F)F)CCN(CC(CCO)C(=O)O)CC1. The molecule has 3 rings (SSSR count). The smallest absolute Gasteiger partial charge is 0.387 e. The second kappa shape index (κ2) is 12.0. The van der Waals surface area contributed by atoms with E-state index in [1.165, 1.54) is 18.2 Å². The number of carboxylic acid groups (broad SMARTS) is 1. The maximum Gasteiger partial charge on any atom is 0.387 e. The van der Waals surface area contributed by atoms with Crippen molar-refractivity contribution in [3.05, 3.63) is 41.2 Å². The summed E-state index contributed by atoms with van der Waals surface area (Å²) >= 11 is 5.94. The average molecular weight is 529 g/mol.